The summed E-state index contributed by atoms with van der Waals surface area (Å²) in [7, 11) is 0. The van der Waals surface area contributed by atoms with Crippen molar-refractivity contribution in [1.82, 2.24) is 20.2 Å². The number of piperidine rings is 1. The summed E-state index contributed by atoms with van der Waals surface area (Å²) in [6.07, 6.45) is 4.25. The molecule has 8 heteroatoms. The Morgan fingerprint density at radius 3 is 2.73 bits per heavy atom. The van der Waals surface area contributed by atoms with Crippen LogP contribution in [0.15, 0.2) is 0 Å². The minimum atomic E-state index is 0.0482. The van der Waals surface area contributed by atoms with Crippen molar-refractivity contribution in [3.05, 3.63) is 16.3 Å². The van der Waals surface area contributed by atoms with Gasteiger partial charge < -0.3 is 15.0 Å². The topological polar surface area (TPSA) is 70.6 Å². The summed E-state index contributed by atoms with van der Waals surface area (Å²) in [5.41, 5.74) is 1.27. The van der Waals surface area contributed by atoms with E-state index in [2.05, 4.69) is 29.0 Å². The van der Waals surface area contributed by atoms with Gasteiger partial charge in [0.05, 0.1) is 31.1 Å². The predicted molar refractivity (Wildman–Crippen MR) is 119 cm³/mol. The molecule has 1 N–H and O–H groups in total. The molecule has 4 heterocycles. The summed E-state index contributed by atoms with van der Waals surface area (Å²) in [6, 6.07) is 0.417. The first-order chi connectivity index (χ1) is 14.6. The second-order valence-corrected chi connectivity index (χ2v) is 10.1. The molecule has 1 aliphatic carbocycles. The van der Waals surface area contributed by atoms with E-state index in [1.54, 1.807) is 11.3 Å². The van der Waals surface area contributed by atoms with Crippen LogP contribution in [0.1, 0.15) is 41.9 Å². The SMILES string of the molecule is Cc1sc2nc(CN3CCOCC3)nc(N3CCCC(C(=O)NC4CC4)C3)c2c1C. The Labute approximate surface area is 181 Å². The van der Waals surface area contributed by atoms with Gasteiger partial charge in [0, 0.05) is 37.1 Å². The van der Waals surface area contributed by atoms with Gasteiger partial charge in [0.2, 0.25) is 5.91 Å². The number of fused-ring (bicyclic) bond motifs is 1. The quantitative estimate of drug-likeness (QED) is 0.788. The molecule has 162 valence electrons. The molecule has 2 aromatic heterocycles. The van der Waals surface area contributed by atoms with Crippen molar-refractivity contribution in [2.24, 2.45) is 5.92 Å². The zero-order valence-corrected chi connectivity index (χ0v) is 18.8. The van der Waals surface area contributed by atoms with Gasteiger partial charge in [-0.15, -0.1) is 11.3 Å². The molecule has 2 aromatic rings. The third-order valence-electron chi connectivity index (χ3n) is 6.54. The lowest BCUT2D eigenvalue weighted by molar-refractivity contribution is -0.125. The lowest BCUT2D eigenvalue weighted by Gasteiger charge is -2.34. The maximum Gasteiger partial charge on any atom is 0.225 e. The number of thiophene rings is 1. The van der Waals surface area contributed by atoms with E-state index in [1.165, 1.54) is 15.8 Å². The van der Waals surface area contributed by atoms with Gasteiger partial charge in [-0.1, -0.05) is 0 Å². The standard InChI is InChI=1S/C22H31N5O2S/c1-14-15(2)30-22-19(14)20(24-18(25-22)13-26-8-10-29-11-9-26)27-7-3-4-16(12-27)21(28)23-17-5-6-17/h16-17H,3-13H2,1-2H3,(H,23,28). The largest absolute Gasteiger partial charge is 0.379 e. The molecular formula is C22H31N5O2S. The van der Waals surface area contributed by atoms with Crippen LogP contribution in [0.25, 0.3) is 10.2 Å². The van der Waals surface area contributed by atoms with Crippen LogP contribution in [0, 0.1) is 19.8 Å². The lowest BCUT2D eigenvalue weighted by atomic mass is 9.96. The normalized spacial score (nSPS) is 23.1. The van der Waals surface area contributed by atoms with Gasteiger partial charge in [-0.3, -0.25) is 9.69 Å². The van der Waals surface area contributed by atoms with E-state index in [0.717, 1.165) is 88.1 Å². The van der Waals surface area contributed by atoms with Gasteiger partial charge in [0.15, 0.2) is 0 Å². The fraction of sp³-hybridized carbons (Fsp3) is 0.682. The average Bonchev–Trinajstić information content (AvgIpc) is 3.52. The predicted octanol–water partition coefficient (Wildman–Crippen LogP) is 2.64. The van der Waals surface area contributed by atoms with E-state index < -0.39 is 0 Å². The summed E-state index contributed by atoms with van der Waals surface area (Å²) in [6.45, 7) is 10.2. The molecule has 0 radical (unpaired) electrons. The van der Waals surface area contributed by atoms with Gasteiger partial charge in [-0.2, -0.15) is 0 Å². The van der Waals surface area contributed by atoms with E-state index in [4.69, 9.17) is 14.7 Å². The molecule has 3 fully saturated rings. The van der Waals surface area contributed by atoms with Crippen molar-refractivity contribution < 1.29 is 9.53 Å². The summed E-state index contributed by atoms with van der Waals surface area (Å²) in [4.78, 5) is 29.8. The van der Waals surface area contributed by atoms with Crippen LogP contribution in [-0.4, -0.2) is 66.2 Å². The third kappa shape index (κ3) is 4.18. The molecule has 3 aliphatic rings. The molecule has 2 saturated heterocycles. The number of hydrogen-bond donors (Lipinski definition) is 1. The number of aryl methyl sites for hydroxylation is 2. The Morgan fingerprint density at radius 1 is 1.17 bits per heavy atom. The van der Waals surface area contributed by atoms with Crippen LogP contribution >= 0.6 is 11.3 Å². The number of anilines is 1. The number of carbonyl (C=O) groups excluding carboxylic acids is 1. The van der Waals surface area contributed by atoms with Crippen molar-refractivity contribution in [2.45, 2.75) is 52.1 Å². The molecule has 0 aromatic carbocycles. The van der Waals surface area contributed by atoms with Crippen molar-refractivity contribution in [3.63, 3.8) is 0 Å². The molecule has 2 aliphatic heterocycles. The van der Waals surface area contributed by atoms with Gasteiger partial charge in [0.25, 0.3) is 0 Å². The Hall–Kier alpha value is -1.77. The zero-order chi connectivity index (χ0) is 20.7. The smallest absolute Gasteiger partial charge is 0.225 e. The maximum atomic E-state index is 12.7. The lowest BCUT2D eigenvalue weighted by Crippen LogP contribution is -2.44. The molecule has 1 unspecified atom stereocenters. The van der Waals surface area contributed by atoms with E-state index in [9.17, 15) is 4.79 Å². The van der Waals surface area contributed by atoms with Crippen molar-refractivity contribution in [2.75, 3.05) is 44.3 Å². The number of carbonyl (C=O) groups is 1. The number of rotatable bonds is 5. The van der Waals surface area contributed by atoms with E-state index >= 15 is 0 Å². The fourth-order valence-corrected chi connectivity index (χ4v) is 5.50. The number of nitrogens with one attached hydrogen (secondary N) is 1. The second-order valence-electron chi connectivity index (χ2n) is 8.88. The van der Waals surface area contributed by atoms with Crippen molar-refractivity contribution in [3.8, 4) is 0 Å². The molecule has 1 saturated carbocycles. The molecule has 7 nitrogen and oxygen atoms in total. The van der Waals surface area contributed by atoms with Gasteiger partial charge in [0.1, 0.15) is 16.5 Å². The highest BCUT2D eigenvalue weighted by molar-refractivity contribution is 7.18. The van der Waals surface area contributed by atoms with E-state index in [0.29, 0.717) is 6.04 Å². The highest BCUT2D eigenvalue weighted by Gasteiger charge is 2.32. The van der Waals surface area contributed by atoms with Crippen LogP contribution in [0.5, 0.6) is 0 Å². The minimum absolute atomic E-state index is 0.0482. The Balaban J connectivity index is 1.44. The Kier molecular flexibility index (Phi) is 5.64. The van der Waals surface area contributed by atoms with Crippen molar-refractivity contribution >= 4 is 33.3 Å². The molecule has 0 spiro atoms. The number of ether oxygens (including phenoxy) is 1. The zero-order valence-electron chi connectivity index (χ0n) is 17.9. The van der Waals surface area contributed by atoms with Crippen LogP contribution < -0.4 is 10.2 Å². The van der Waals surface area contributed by atoms with Crippen molar-refractivity contribution in [1.29, 1.82) is 0 Å². The van der Waals surface area contributed by atoms with Crippen LogP contribution in [0.4, 0.5) is 5.82 Å². The maximum absolute atomic E-state index is 12.7. The first-order valence-corrected chi connectivity index (χ1v) is 12.0. The molecule has 30 heavy (non-hydrogen) atoms. The summed E-state index contributed by atoms with van der Waals surface area (Å²) in [5, 5.41) is 4.37. The Bertz CT molecular complexity index is 935. The molecular weight excluding hydrogens is 398 g/mol. The molecule has 1 atom stereocenters. The van der Waals surface area contributed by atoms with Gasteiger partial charge >= 0.3 is 0 Å². The number of morpholine rings is 1. The molecule has 0 bridgehead atoms. The third-order valence-corrected chi connectivity index (χ3v) is 7.64. The second kappa shape index (κ2) is 8.40. The highest BCUT2D eigenvalue weighted by Crippen LogP contribution is 2.36. The first kappa shape index (κ1) is 20.2. The average molecular weight is 430 g/mol. The minimum Gasteiger partial charge on any atom is -0.379 e. The number of aromatic nitrogens is 2. The summed E-state index contributed by atoms with van der Waals surface area (Å²) >= 11 is 1.76. The number of nitrogens with zero attached hydrogens (tertiary/aromatic N) is 4. The van der Waals surface area contributed by atoms with Crippen LogP contribution in [0.2, 0.25) is 0 Å². The van der Waals surface area contributed by atoms with E-state index in [1.807, 2.05) is 0 Å². The highest BCUT2D eigenvalue weighted by atomic mass is 32.1. The molecule has 5 rings (SSSR count). The summed E-state index contributed by atoms with van der Waals surface area (Å²) in [5.74, 6) is 2.17. The fourth-order valence-electron chi connectivity index (χ4n) is 4.46. The van der Waals surface area contributed by atoms with Crippen LogP contribution in [0.3, 0.4) is 0 Å². The van der Waals surface area contributed by atoms with Gasteiger partial charge in [-0.05, 0) is 45.1 Å². The first-order valence-electron chi connectivity index (χ1n) is 11.2. The summed E-state index contributed by atoms with van der Waals surface area (Å²) < 4.78 is 5.49. The Morgan fingerprint density at radius 2 is 1.97 bits per heavy atom. The molecule has 1 amide bonds. The van der Waals surface area contributed by atoms with Gasteiger partial charge in [-0.25, -0.2) is 9.97 Å². The van der Waals surface area contributed by atoms with Crippen LogP contribution in [-0.2, 0) is 16.1 Å². The number of hydrogen-bond acceptors (Lipinski definition) is 7. The number of amides is 1. The monoisotopic (exact) mass is 429 g/mol. The van der Waals surface area contributed by atoms with E-state index in [-0.39, 0.29) is 11.8 Å².